The topological polar surface area (TPSA) is 48.4 Å². The molecule has 1 aromatic heterocycles. The van der Waals surface area contributed by atoms with E-state index in [0.717, 1.165) is 31.0 Å². The highest BCUT2D eigenvalue weighted by Crippen LogP contribution is 2.24. The largest absolute Gasteiger partial charge is 0.392 e. The molecule has 4 nitrogen and oxygen atoms in total. The van der Waals surface area contributed by atoms with Crippen LogP contribution in [-0.4, -0.2) is 35.8 Å². The molecule has 0 aromatic carbocycles. The minimum Gasteiger partial charge on any atom is -0.392 e. The zero-order chi connectivity index (χ0) is 11.5. The fourth-order valence-electron chi connectivity index (χ4n) is 1.91. The Morgan fingerprint density at radius 3 is 3.12 bits per heavy atom. The third kappa shape index (κ3) is 2.45. The van der Waals surface area contributed by atoms with E-state index in [2.05, 4.69) is 22.1 Å². The van der Waals surface area contributed by atoms with Crippen molar-refractivity contribution in [3.05, 3.63) is 22.8 Å². The van der Waals surface area contributed by atoms with Gasteiger partial charge in [0.25, 0.3) is 0 Å². The van der Waals surface area contributed by atoms with Gasteiger partial charge in [0.1, 0.15) is 5.82 Å². The molecule has 1 atom stereocenters. The Kier molecular flexibility index (Phi) is 3.63. The molecule has 2 N–H and O–H groups in total. The van der Waals surface area contributed by atoms with Gasteiger partial charge in [-0.15, -0.1) is 0 Å². The quantitative estimate of drug-likeness (QED) is 0.812. The molecule has 1 aliphatic heterocycles. The minimum absolute atomic E-state index is 0.0229. The maximum absolute atomic E-state index is 8.98. The van der Waals surface area contributed by atoms with Crippen LogP contribution in [-0.2, 0) is 6.61 Å². The Morgan fingerprint density at radius 2 is 2.50 bits per heavy atom. The standard InChI is InChI=1S/C11H16ClN3O/c1-8-6-15(3-2-13-8)11-10(12)4-9(7-16)5-14-11/h4-5,8,13,16H,2-3,6-7H2,1H3. The first kappa shape index (κ1) is 11.6. The van der Waals surface area contributed by atoms with Crippen LogP contribution < -0.4 is 10.2 Å². The third-order valence-electron chi connectivity index (χ3n) is 2.73. The summed E-state index contributed by atoms with van der Waals surface area (Å²) in [6.45, 7) is 4.88. The van der Waals surface area contributed by atoms with Gasteiger partial charge < -0.3 is 15.3 Å². The molecule has 0 amide bonds. The lowest BCUT2D eigenvalue weighted by atomic mass is 10.2. The number of pyridine rings is 1. The molecule has 1 fully saturated rings. The molecule has 0 bridgehead atoms. The second-order valence-corrected chi connectivity index (χ2v) is 4.52. The molecule has 0 aliphatic carbocycles. The number of nitrogens with one attached hydrogen (secondary N) is 1. The molecule has 0 spiro atoms. The first-order chi connectivity index (χ1) is 7.70. The first-order valence-electron chi connectivity index (χ1n) is 5.44. The summed E-state index contributed by atoms with van der Waals surface area (Å²) in [4.78, 5) is 6.48. The molecule has 16 heavy (non-hydrogen) atoms. The predicted molar refractivity (Wildman–Crippen MR) is 64.8 cm³/mol. The molecule has 1 saturated heterocycles. The maximum Gasteiger partial charge on any atom is 0.147 e. The summed E-state index contributed by atoms with van der Waals surface area (Å²) in [6.07, 6.45) is 1.67. The van der Waals surface area contributed by atoms with Gasteiger partial charge >= 0.3 is 0 Å². The van der Waals surface area contributed by atoms with Gasteiger partial charge in [-0.25, -0.2) is 4.98 Å². The van der Waals surface area contributed by atoms with Gasteiger partial charge in [-0.05, 0) is 18.6 Å². The number of anilines is 1. The highest BCUT2D eigenvalue weighted by atomic mass is 35.5. The SMILES string of the molecule is CC1CN(c2ncc(CO)cc2Cl)CCN1. The van der Waals surface area contributed by atoms with E-state index in [1.165, 1.54) is 0 Å². The Labute approximate surface area is 100 Å². The van der Waals surface area contributed by atoms with E-state index in [1.807, 2.05) is 0 Å². The van der Waals surface area contributed by atoms with Crippen molar-refractivity contribution in [2.75, 3.05) is 24.5 Å². The van der Waals surface area contributed by atoms with Crippen molar-refractivity contribution in [1.29, 1.82) is 0 Å². The van der Waals surface area contributed by atoms with Gasteiger partial charge in [0.2, 0.25) is 0 Å². The summed E-state index contributed by atoms with van der Waals surface area (Å²) in [6, 6.07) is 2.22. The Hall–Kier alpha value is -0.840. The van der Waals surface area contributed by atoms with E-state index >= 15 is 0 Å². The second-order valence-electron chi connectivity index (χ2n) is 4.11. The van der Waals surface area contributed by atoms with E-state index in [1.54, 1.807) is 12.3 Å². The number of halogens is 1. The summed E-state index contributed by atoms with van der Waals surface area (Å²) in [7, 11) is 0. The molecule has 0 saturated carbocycles. The lowest BCUT2D eigenvalue weighted by molar-refractivity contribution is 0.281. The van der Waals surface area contributed by atoms with Crippen LogP contribution in [0.5, 0.6) is 0 Å². The number of piperazine rings is 1. The average molecular weight is 242 g/mol. The molecule has 88 valence electrons. The number of rotatable bonds is 2. The van der Waals surface area contributed by atoms with Gasteiger partial charge in [0.15, 0.2) is 0 Å². The van der Waals surface area contributed by atoms with E-state index in [-0.39, 0.29) is 6.61 Å². The lowest BCUT2D eigenvalue weighted by Crippen LogP contribution is -2.49. The fourth-order valence-corrected chi connectivity index (χ4v) is 2.22. The van der Waals surface area contributed by atoms with Crippen molar-refractivity contribution < 1.29 is 5.11 Å². The predicted octanol–water partition coefficient (Wildman–Crippen LogP) is 1.03. The van der Waals surface area contributed by atoms with Crippen molar-refractivity contribution in [2.24, 2.45) is 0 Å². The lowest BCUT2D eigenvalue weighted by Gasteiger charge is -2.33. The molecule has 1 unspecified atom stereocenters. The van der Waals surface area contributed by atoms with Crippen LogP contribution in [0.1, 0.15) is 12.5 Å². The van der Waals surface area contributed by atoms with Gasteiger partial charge in [0.05, 0.1) is 11.6 Å². The van der Waals surface area contributed by atoms with Crippen molar-refractivity contribution in [1.82, 2.24) is 10.3 Å². The first-order valence-corrected chi connectivity index (χ1v) is 5.82. The molecule has 1 aromatic rings. The summed E-state index contributed by atoms with van der Waals surface area (Å²) in [5.74, 6) is 0.812. The Balaban J connectivity index is 2.19. The number of aliphatic hydroxyl groups excluding tert-OH is 1. The van der Waals surface area contributed by atoms with Crippen molar-refractivity contribution in [3.8, 4) is 0 Å². The number of nitrogens with zero attached hydrogens (tertiary/aromatic N) is 2. The second kappa shape index (κ2) is 4.99. The van der Waals surface area contributed by atoms with Crippen molar-refractivity contribution >= 4 is 17.4 Å². The highest BCUT2D eigenvalue weighted by molar-refractivity contribution is 6.33. The van der Waals surface area contributed by atoms with Gasteiger partial charge in [-0.2, -0.15) is 0 Å². The van der Waals surface area contributed by atoms with Crippen LogP contribution in [0, 0.1) is 0 Å². The van der Waals surface area contributed by atoms with Gasteiger partial charge in [0, 0.05) is 31.9 Å². The molecular formula is C11H16ClN3O. The maximum atomic E-state index is 8.98. The number of aromatic nitrogens is 1. The van der Waals surface area contributed by atoms with E-state index in [0.29, 0.717) is 11.1 Å². The molecule has 2 heterocycles. The zero-order valence-electron chi connectivity index (χ0n) is 9.28. The molecule has 1 aliphatic rings. The summed E-state index contributed by atoms with van der Waals surface area (Å²) >= 11 is 6.15. The van der Waals surface area contributed by atoms with Crippen LogP contribution in [0.15, 0.2) is 12.3 Å². The van der Waals surface area contributed by atoms with Crippen LogP contribution in [0.3, 0.4) is 0 Å². The number of hydrogen-bond acceptors (Lipinski definition) is 4. The minimum atomic E-state index is -0.0229. The highest BCUT2D eigenvalue weighted by Gasteiger charge is 2.19. The van der Waals surface area contributed by atoms with Crippen LogP contribution in [0.4, 0.5) is 5.82 Å². The molecule has 2 rings (SSSR count). The summed E-state index contributed by atoms with van der Waals surface area (Å²) < 4.78 is 0. The van der Waals surface area contributed by atoms with Crippen LogP contribution in [0.2, 0.25) is 5.02 Å². The number of hydrogen-bond donors (Lipinski definition) is 2. The van der Waals surface area contributed by atoms with Crippen LogP contribution in [0.25, 0.3) is 0 Å². The van der Waals surface area contributed by atoms with E-state index in [4.69, 9.17) is 16.7 Å². The normalized spacial score (nSPS) is 21.2. The Bertz CT molecular complexity index is 372. The van der Waals surface area contributed by atoms with E-state index in [9.17, 15) is 0 Å². The number of aliphatic hydroxyl groups is 1. The van der Waals surface area contributed by atoms with Gasteiger partial charge in [-0.1, -0.05) is 11.6 Å². The van der Waals surface area contributed by atoms with E-state index < -0.39 is 0 Å². The van der Waals surface area contributed by atoms with Crippen molar-refractivity contribution in [2.45, 2.75) is 19.6 Å². The third-order valence-corrected chi connectivity index (χ3v) is 3.01. The molecular weight excluding hydrogens is 226 g/mol. The smallest absolute Gasteiger partial charge is 0.147 e. The van der Waals surface area contributed by atoms with Crippen molar-refractivity contribution in [3.63, 3.8) is 0 Å². The van der Waals surface area contributed by atoms with Gasteiger partial charge in [-0.3, -0.25) is 0 Å². The molecule has 0 radical (unpaired) electrons. The fraction of sp³-hybridized carbons (Fsp3) is 0.545. The summed E-state index contributed by atoms with van der Waals surface area (Å²) in [5.41, 5.74) is 0.747. The Morgan fingerprint density at radius 1 is 1.69 bits per heavy atom. The average Bonchev–Trinajstić information content (AvgIpc) is 2.28. The summed E-state index contributed by atoms with van der Waals surface area (Å²) in [5, 5.41) is 13.0. The van der Waals surface area contributed by atoms with Crippen LogP contribution >= 0.6 is 11.6 Å². The zero-order valence-corrected chi connectivity index (χ0v) is 10.0. The monoisotopic (exact) mass is 241 g/mol. The molecule has 5 heteroatoms.